The Morgan fingerprint density at radius 2 is 1.76 bits per heavy atom. The van der Waals surface area contributed by atoms with Gasteiger partial charge in [0.1, 0.15) is 0 Å². The van der Waals surface area contributed by atoms with E-state index in [1.807, 2.05) is 12.1 Å². The van der Waals surface area contributed by atoms with Gasteiger partial charge in [-0.05, 0) is 24.3 Å². The molecule has 2 aromatic rings. The molecule has 88 valence electrons. The smallest absolute Gasteiger partial charge is 0.169 e. The van der Waals surface area contributed by atoms with Crippen molar-refractivity contribution in [2.45, 2.75) is 0 Å². The van der Waals surface area contributed by atoms with Crippen LogP contribution in [0.5, 0.6) is 17.2 Å². The summed E-state index contributed by atoms with van der Waals surface area (Å²) in [4.78, 5) is 0. The Bertz CT molecular complexity index is 529. The second kappa shape index (κ2) is 4.97. The van der Waals surface area contributed by atoms with Gasteiger partial charge in [0.05, 0.1) is 12.8 Å². The van der Waals surface area contributed by atoms with Crippen LogP contribution in [-0.4, -0.2) is 7.11 Å². The Morgan fingerprint density at radius 3 is 2.47 bits per heavy atom. The molecular weight excluding hydrogens is 238 g/mol. The van der Waals surface area contributed by atoms with Crippen molar-refractivity contribution in [3.63, 3.8) is 0 Å². The van der Waals surface area contributed by atoms with Gasteiger partial charge in [-0.3, -0.25) is 0 Å². The van der Waals surface area contributed by atoms with E-state index in [1.54, 1.807) is 37.4 Å². The largest absolute Gasteiger partial charge is 0.493 e. The maximum atomic E-state index is 5.87. The van der Waals surface area contributed by atoms with Gasteiger partial charge >= 0.3 is 0 Å². The highest BCUT2D eigenvalue weighted by atomic mass is 35.5. The minimum absolute atomic E-state index is 0.570. The van der Waals surface area contributed by atoms with Crippen LogP contribution in [0.25, 0.3) is 0 Å². The fourth-order valence-corrected chi connectivity index (χ4v) is 1.58. The van der Waals surface area contributed by atoms with Crippen molar-refractivity contribution < 1.29 is 9.47 Å². The van der Waals surface area contributed by atoms with Gasteiger partial charge in [-0.2, -0.15) is 0 Å². The highest BCUT2D eigenvalue weighted by molar-refractivity contribution is 6.30. The molecule has 0 amide bonds. The lowest BCUT2D eigenvalue weighted by atomic mass is 10.3. The lowest BCUT2D eigenvalue weighted by Crippen LogP contribution is -1.93. The van der Waals surface area contributed by atoms with Crippen LogP contribution in [0.4, 0.5) is 5.69 Å². The third-order valence-electron chi connectivity index (χ3n) is 2.26. The fraction of sp³-hybridized carbons (Fsp3) is 0.0769. The molecule has 0 fully saturated rings. The number of benzene rings is 2. The first-order valence-electron chi connectivity index (χ1n) is 5.06. The molecular formula is C13H12ClNO2. The van der Waals surface area contributed by atoms with Crippen LogP contribution < -0.4 is 15.2 Å². The number of nitrogen functional groups attached to an aromatic ring is 1. The second-order valence-electron chi connectivity index (χ2n) is 3.44. The van der Waals surface area contributed by atoms with Crippen molar-refractivity contribution in [3.05, 3.63) is 47.5 Å². The average molecular weight is 250 g/mol. The highest BCUT2D eigenvalue weighted by Gasteiger charge is 2.07. The molecule has 0 saturated carbocycles. The number of rotatable bonds is 3. The topological polar surface area (TPSA) is 44.5 Å². The average Bonchev–Trinajstić information content (AvgIpc) is 2.34. The van der Waals surface area contributed by atoms with Crippen molar-refractivity contribution in [3.8, 4) is 17.2 Å². The molecule has 2 aromatic carbocycles. The number of ether oxygens (including phenoxy) is 2. The summed E-state index contributed by atoms with van der Waals surface area (Å²) >= 11 is 5.87. The van der Waals surface area contributed by atoms with E-state index >= 15 is 0 Å². The number of methoxy groups -OCH3 is 1. The third kappa shape index (κ3) is 2.63. The molecule has 0 atom stereocenters. The zero-order valence-corrected chi connectivity index (χ0v) is 10.1. The summed E-state index contributed by atoms with van der Waals surface area (Å²) in [5.41, 5.74) is 6.37. The Labute approximate surface area is 105 Å². The zero-order chi connectivity index (χ0) is 12.3. The maximum Gasteiger partial charge on any atom is 0.169 e. The van der Waals surface area contributed by atoms with Gasteiger partial charge in [0.15, 0.2) is 17.2 Å². The molecule has 0 radical (unpaired) electrons. The molecule has 2 rings (SSSR count). The van der Waals surface area contributed by atoms with Crippen LogP contribution in [0.3, 0.4) is 0 Å². The van der Waals surface area contributed by atoms with Crippen LogP contribution in [0.15, 0.2) is 42.5 Å². The molecule has 0 heterocycles. The van der Waals surface area contributed by atoms with E-state index in [0.29, 0.717) is 28.0 Å². The van der Waals surface area contributed by atoms with E-state index in [1.165, 1.54) is 0 Å². The van der Waals surface area contributed by atoms with E-state index in [2.05, 4.69) is 0 Å². The lowest BCUT2D eigenvalue weighted by Gasteiger charge is -2.11. The van der Waals surface area contributed by atoms with E-state index in [-0.39, 0.29) is 0 Å². The summed E-state index contributed by atoms with van der Waals surface area (Å²) in [7, 11) is 1.56. The molecule has 2 N–H and O–H groups in total. The maximum absolute atomic E-state index is 5.87. The van der Waals surface area contributed by atoms with Crippen molar-refractivity contribution in [2.24, 2.45) is 0 Å². The van der Waals surface area contributed by atoms with Crippen LogP contribution in [0.2, 0.25) is 5.02 Å². The molecule has 3 nitrogen and oxygen atoms in total. The Kier molecular flexibility index (Phi) is 3.40. The summed E-state index contributed by atoms with van der Waals surface area (Å²) in [6.07, 6.45) is 0. The predicted molar refractivity (Wildman–Crippen MR) is 68.9 cm³/mol. The van der Waals surface area contributed by atoms with Crippen molar-refractivity contribution in [2.75, 3.05) is 12.8 Å². The summed E-state index contributed by atoms with van der Waals surface area (Å²) in [5.74, 6) is 1.74. The van der Waals surface area contributed by atoms with Crippen LogP contribution >= 0.6 is 11.6 Å². The van der Waals surface area contributed by atoms with Gasteiger partial charge in [-0.1, -0.05) is 23.7 Å². The Balaban J connectivity index is 2.33. The van der Waals surface area contributed by atoms with Crippen LogP contribution in [-0.2, 0) is 0 Å². The first-order valence-corrected chi connectivity index (χ1v) is 5.44. The molecule has 0 aliphatic heterocycles. The van der Waals surface area contributed by atoms with Crippen molar-refractivity contribution in [1.82, 2.24) is 0 Å². The summed E-state index contributed by atoms with van der Waals surface area (Å²) < 4.78 is 10.9. The number of halogens is 1. The van der Waals surface area contributed by atoms with E-state index in [0.717, 1.165) is 0 Å². The minimum atomic E-state index is 0.570. The summed E-state index contributed by atoms with van der Waals surface area (Å²) in [5, 5.41) is 0.593. The Morgan fingerprint density at radius 1 is 1.00 bits per heavy atom. The number of nitrogens with two attached hydrogens (primary N) is 1. The van der Waals surface area contributed by atoms with Crippen LogP contribution in [0.1, 0.15) is 0 Å². The van der Waals surface area contributed by atoms with Gasteiger partial charge in [-0.15, -0.1) is 0 Å². The number of hydrogen-bond donors (Lipinski definition) is 1. The molecule has 0 spiro atoms. The molecule has 0 aromatic heterocycles. The standard InChI is InChI=1S/C13H12ClNO2/c1-16-13-8-9(14)6-7-12(13)17-11-5-3-2-4-10(11)15/h2-8H,15H2,1H3. The highest BCUT2D eigenvalue weighted by Crippen LogP contribution is 2.35. The lowest BCUT2D eigenvalue weighted by molar-refractivity contribution is 0.379. The normalized spacial score (nSPS) is 10.0. The summed E-state index contributed by atoms with van der Waals surface area (Å²) in [6.45, 7) is 0. The SMILES string of the molecule is COc1cc(Cl)ccc1Oc1ccccc1N. The first kappa shape index (κ1) is 11.6. The molecule has 0 bridgehead atoms. The van der Waals surface area contributed by atoms with Gasteiger partial charge in [0.2, 0.25) is 0 Å². The fourth-order valence-electron chi connectivity index (χ4n) is 1.42. The Hall–Kier alpha value is -1.87. The van der Waals surface area contributed by atoms with Gasteiger partial charge < -0.3 is 15.2 Å². The van der Waals surface area contributed by atoms with Gasteiger partial charge in [0, 0.05) is 11.1 Å². The molecule has 0 aliphatic rings. The number of para-hydroxylation sites is 2. The molecule has 0 unspecified atom stereocenters. The monoisotopic (exact) mass is 249 g/mol. The van der Waals surface area contributed by atoms with E-state index < -0.39 is 0 Å². The summed E-state index contributed by atoms with van der Waals surface area (Å²) in [6, 6.07) is 12.4. The number of hydrogen-bond acceptors (Lipinski definition) is 3. The molecule has 17 heavy (non-hydrogen) atoms. The molecule has 4 heteroatoms. The van der Waals surface area contributed by atoms with Crippen LogP contribution in [0, 0.1) is 0 Å². The minimum Gasteiger partial charge on any atom is -0.493 e. The molecule has 0 aliphatic carbocycles. The molecule has 0 saturated heterocycles. The van der Waals surface area contributed by atoms with Gasteiger partial charge in [0.25, 0.3) is 0 Å². The van der Waals surface area contributed by atoms with Crippen molar-refractivity contribution >= 4 is 17.3 Å². The quantitative estimate of drug-likeness (QED) is 0.843. The van der Waals surface area contributed by atoms with Gasteiger partial charge in [-0.25, -0.2) is 0 Å². The number of anilines is 1. The van der Waals surface area contributed by atoms with E-state index in [9.17, 15) is 0 Å². The third-order valence-corrected chi connectivity index (χ3v) is 2.50. The zero-order valence-electron chi connectivity index (χ0n) is 9.31. The predicted octanol–water partition coefficient (Wildman–Crippen LogP) is 3.72. The first-order chi connectivity index (χ1) is 8.20. The van der Waals surface area contributed by atoms with E-state index in [4.69, 9.17) is 26.8 Å². The second-order valence-corrected chi connectivity index (χ2v) is 3.87. The van der Waals surface area contributed by atoms with Crippen molar-refractivity contribution in [1.29, 1.82) is 0 Å².